The molecule has 1 saturated heterocycles. The summed E-state index contributed by atoms with van der Waals surface area (Å²) in [6, 6.07) is 0. The molecule has 4 unspecified atom stereocenters. The summed E-state index contributed by atoms with van der Waals surface area (Å²) in [6.45, 7) is 10.9. The van der Waals surface area contributed by atoms with E-state index in [4.69, 9.17) is 4.74 Å². The van der Waals surface area contributed by atoms with Crippen LogP contribution in [0.15, 0.2) is 0 Å². The Labute approximate surface area is 106 Å². The lowest BCUT2D eigenvalue weighted by molar-refractivity contribution is -0.117. The van der Waals surface area contributed by atoms with Gasteiger partial charge in [-0.2, -0.15) is 0 Å². The standard InChI is InChI=1S/C16H28O/c1-11-5-8-15(2,3)12-6-9-16(4)13(14(11)12)7-10-17-16/h11-14H,5-10H2,1-4H3/t11-,12?,13?,14?,16?/m0/s1. The Morgan fingerprint density at radius 1 is 0.941 bits per heavy atom. The van der Waals surface area contributed by atoms with Gasteiger partial charge in [-0.15, -0.1) is 0 Å². The van der Waals surface area contributed by atoms with Crippen LogP contribution in [0, 0.1) is 29.1 Å². The molecule has 0 aromatic carbocycles. The molecular formula is C16H28O. The Morgan fingerprint density at radius 2 is 1.71 bits per heavy atom. The Morgan fingerprint density at radius 3 is 2.47 bits per heavy atom. The first-order valence-corrected chi connectivity index (χ1v) is 7.58. The van der Waals surface area contributed by atoms with E-state index in [1.807, 2.05) is 0 Å². The highest BCUT2D eigenvalue weighted by atomic mass is 16.5. The maximum atomic E-state index is 6.11. The van der Waals surface area contributed by atoms with E-state index in [0.717, 1.165) is 30.3 Å². The lowest BCUT2D eigenvalue weighted by Crippen LogP contribution is -2.52. The molecule has 2 aliphatic carbocycles. The number of rotatable bonds is 0. The van der Waals surface area contributed by atoms with Gasteiger partial charge in [-0.1, -0.05) is 20.8 Å². The van der Waals surface area contributed by atoms with Crippen LogP contribution in [0.5, 0.6) is 0 Å². The topological polar surface area (TPSA) is 9.23 Å². The molecule has 1 heterocycles. The number of hydrogen-bond acceptors (Lipinski definition) is 1. The van der Waals surface area contributed by atoms with Gasteiger partial charge >= 0.3 is 0 Å². The molecule has 3 fully saturated rings. The second-order valence-electron chi connectivity index (χ2n) is 7.78. The summed E-state index contributed by atoms with van der Waals surface area (Å²) >= 11 is 0. The van der Waals surface area contributed by atoms with E-state index in [2.05, 4.69) is 27.7 Å². The third kappa shape index (κ3) is 1.69. The Hall–Kier alpha value is -0.0400. The van der Waals surface area contributed by atoms with Crippen LogP contribution in [0.25, 0.3) is 0 Å². The van der Waals surface area contributed by atoms with E-state index < -0.39 is 0 Å². The van der Waals surface area contributed by atoms with Crippen molar-refractivity contribution in [2.24, 2.45) is 29.1 Å². The van der Waals surface area contributed by atoms with Gasteiger partial charge in [0.05, 0.1) is 5.60 Å². The van der Waals surface area contributed by atoms with Crippen molar-refractivity contribution < 1.29 is 4.74 Å². The molecule has 3 aliphatic rings. The average Bonchev–Trinajstić information content (AvgIpc) is 2.65. The van der Waals surface area contributed by atoms with Gasteiger partial charge in [0.15, 0.2) is 0 Å². The van der Waals surface area contributed by atoms with Gasteiger partial charge in [0.1, 0.15) is 0 Å². The summed E-state index contributed by atoms with van der Waals surface area (Å²) in [5.41, 5.74) is 0.796. The van der Waals surface area contributed by atoms with Crippen LogP contribution in [0.1, 0.15) is 59.8 Å². The fourth-order valence-electron chi connectivity index (χ4n) is 5.29. The minimum absolute atomic E-state index is 0.225. The summed E-state index contributed by atoms with van der Waals surface area (Å²) in [4.78, 5) is 0. The smallest absolute Gasteiger partial charge is 0.0686 e. The largest absolute Gasteiger partial charge is 0.375 e. The maximum Gasteiger partial charge on any atom is 0.0686 e. The highest BCUT2D eigenvalue weighted by Gasteiger charge is 2.56. The maximum absolute atomic E-state index is 6.11. The summed E-state index contributed by atoms with van der Waals surface area (Å²) < 4.78 is 6.11. The van der Waals surface area contributed by atoms with E-state index in [0.29, 0.717) is 5.41 Å². The van der Waals surface area contributed by atoms with Crippen molar-refractivity contribution in [1.29, 1.82) is 0 Å². The molecule has 0 aromatic heterocycles. The van der Waals surface area contributed by atoms with Crippen molar-refractivity contribution in [3.63, 3.8) is 0 Å². The van der Waals surface area contributed by atoms with Crippen molar-refractivity contribution in [2.45, 2.75) is 65.4 Å². The first kappa shape index (κ1) is 12.0. The van der Waals surface area contributed by atoms with E-state index in [9.17, 15) is 0 Å². The minimum atomic E-state index is 0.225. The molecule has 0 N–H and O–H groups in total. The molecule has 0 radical (unpaired) electrons. The number of ether oxygens (including phenoxy) is 1. The van der Waals surface area contributed by atoms with Crippen LogP contribution in [-0.2, 0) is 4.74 Å². The molecule has 1 heteroatoms. The second-order valence-corrected chi connectivity index (χ2v) is 7.78. The van der Waals surface area contributed by atoms with E-state index >= 15 is 0 Å². The van der Waals surface area contributed by atoms with Crippen molar-refractivity contribution >= 4 is 0 Å². The first-order valence-electron chi connectivity index (χ1n) is 7.58. The van der Waals surface area contributed by atoms with Crippen molar-refractivity contribution in [3.05, 3.63) is 0 Å². The SMILES string of the molecule is C[C@H]1CCC(C)(C)C2CCC3(C)OCCC3C21. The number of fused-ring (bicyclic) bond motifs is 3. The fraction of sp³-hybridized carbons (Fsp3) is 1.00. The van der Waals surface area contributed by atoms with E-state index in [1.54, 1.807) is 0 Å². The Kier molecular flexibility index (Phi) is 2.63. The van der Waals surface area contributed by atoms with Gasteiger partial charge < -0.3 is 4.74 Å². The molecular weight excluding hydrogens is 208 g/mol. The van der Waals surface area contributed by atoms with Crippen LogP contribution >= 0.6 is 0 Å². The fourth-order valence-corrected chi connectivity index (χ4v) is 5.29. The molecule has 5 atom stereocenters. The molecule has 2 saturated carbocycles. The molecule has 98 valence electrons. The summed E-state index contributed by atoms with van der Waals surface area (Å²) in [5.74, 6) is 3.64. The van der Waals surface area contributed by atoms with Crippen LogP contribution in [0.3, 0.4) is 0 Å². The van der Waals surface area contributed by atoms with Gasteiger partial charge in [0.2, 0.25) is 0 Å². The van der Waals surface area contributed by atoms with E-state index in [1.165, 1.54) is 32.1 Å². The van der Waals surface area contributed by atoms with Gasteiger partial charge in [0.25, 0.3) is 0 Å². The predicted molar refractivity (Wildman–Crippen MR) is 70.9 cm³/mol. The second kappa shape index (κ2) is 3.73. The van der Waals surface area contributed by atoms with Gasteiger partial charge in [0, 0.05) is 6.61 Å². The Balaban J connectivity index is 1.93. The van der Waals surface area contributed by atoms with Crippen LogP contribution in [-0.4, -0.2) is 12.2 Å². The molecule has 0 amide bonds. The third-order valence-electron chi connectivity index (χ3n) is 6.43. The van der Waals surface area contributed by atoms with Crippen molar-refractivity contribution in [2.75, 3.05) is 6.61 Å². The quantitative estimate of drug-likeness (QED) is 0.610. The highest BCUT2D eigenvalue weighted by Crippen LogP contribution is 2.59. The van der Waals surface area contributed by atoms with Gasteiger partial charge in [-0.25, -0.2) is 0 Å². The summed E-state index contributed by atoms with van der Waals surface area (Å²) in [7, 11) is 0. The highest BCUT2D eigenvalue weighted by molar-refractivity contribution is 5.05. The zero-order chi connectivity index (χ0) is 12.3. The molecule has 1 aliphatic heterocycles. The molecule has 0 aromatic rings. The van der Waals surface area contributed by atoms with Gasteiger partial charge in [-0.05, 0) is 68.1 Å². The molecule has 1 nitrogen and oxygen atoms in total. The predicted octanol–water partition coefficient (Wildman–Crippen LogP) is 4.26. The van der Waals surface area contributed by atoms with Crippen LogP contribution in [0.4, 0.5) is 0 Å². The molecule has 0 spiro atoms. The average molecular weight is 236 g/mol. The first-order chi connectivity index (χ1) is 7.94. The number of hydrogen-bond donors (Lipinski definition) is 0. The zero-order valence-corrected chi connectivity index (χ0v) is 12.0. The Bertz CT molecular complexity index is 307. The minimum Gasteiger partial charge on any atom is -0.375 e. The summed E-state index contributed by atoms with van der Waals surface area (Å²) in [6.07, 6.45) is 6.88. The third-order valence-corrected chi connectivity index (χ3v) is 6.43. The lowest BCUT2D eigenvalue weighted by Gasteiger charge is -2.56. The van der Waals surface area contributed by atoms with Crippen molar-refractivity contribution in [1.82, 2.24) is 0 Å². The summed E-state index contributed by atoms with van der Waals surface area (Å²) in [5, 5.41) is 0. The molecule has 3 rings (SSSR count). The van der Waals surface area contributed by atoms with Gasteiger partial charge in [-0.3, -0.25) is 0 Å². The lowest BCUT2D eigenvalue weighted by atomic mass is 9.50. The molecule has 17 heavy (non-hydrogen) atoms. The van der Waals surface area contributed by atoms with Crippen molar-refractivity contribution in [3.8, 4) is 0 Å². The monoisotopic (exact) mass is 236 g/mol. The van der Waals surface area contributed by atoms with Crippen LogP contribution in [0.2, 0.25) is 0 Å². The normalized spacial score (nSPS) is 52.9. The molecule has 0 bridgehead atoms. The van der Waals surface area contributed by atoms with Crippen LogP contribution < -0.4 is 0 Å². The zero-order valence-electron chi connectivity index (χ0n) is 12.0. The van der Waals surface area contributed by atoms with E-state index in [-0.39, 0.29) is 5.60 Å².